The van der Waals surface area contributed by atoms with Crippen LogP contribution in [0.25, 0.3) is 11.4 Å². The first kappa shape index (κ1) is 12.2. The van der Waals surface area contributed by atoms with E-state index in [1.165, 1.54) is 32.1 Å². The Morgan fingerprint density at radius 3 is 2.58 bits per heavy atom. The van der Waals surface area contributed by atoms with Crippen LogP contribution < -0.4 is 5.73 Å². The maximum atomic E-state index is 6.08. The van der Waals surface area contributed by atoms with E-state index < -0.39 is 0 Å². The summed E-state index contributed by atoms with van der Waals surface area (Å²) in [5.74, 6) is 1.91. The lowest BCUT2D eigenvalue weighted by atomic mass is 9.95. The highest BCUT2D eigenvalue weighted by atomic mass is 15.3. The zero-order chi connectivity index (χ0) is 13.2. The third kappa shape index (κ3) is 2.23. The Labute approximate surface area is 113 Å². The maximum Gasteiger partial charge on any atom is 0.166 e. The van der Waals surface area contributed by atoms with E-state index in [0.29, 0.717) is 6.04 Å². The summed E-state index contributed by atoms with van der Waals surface area (Å²) in [4.78, 5) is 0. The Bertz CT molecular complexity index is 567. The smallest absolute Gasteiger partial charge is 0.166 e. The average Bonchev–Trinajstić information content (AvgIpc) is 2.82. The van der Waals surface area contributed by atoms with Crippen LogP contribution in [0.1, 0.15) is 44.0 Å². The predicted molar refractivity (Wildman–Crippen MR) is 76.7 cm³/mol. The summed E-state index contributed by atoms with van der Waals surface area (Å²) < 4.78 is 2.28. The number of para-hydroxylation sites is 1. The van der Waals surface area contributed by atoms with Gasteiger partial charge >= 0.3 is 0 Å². The third-order valence-corrected chi connectivity index (χ3v) is 4.01. The Morgan fingerprint density at radius 2 is 1.84 bits per heavy atom. The predicted octanol–water partition coefficient (Wildman–Crippen LogP) is 3.34. The molecule has 1 fully saturated rings. The Balaban J connectivity index is 2.05. The molecular formula is C15H20N4. The number of rotatable bonds is 2. The van der Waals surface area contributed by atoms with E-state index in [2.05, 4.69) is 14.8 Å². The Hall–Kier alpha value is -1.84. The molecule has 3 rings (SSSR count). The summed E-state index contributed by atoms with van der Waals surface area (Å²) in [7, 11) is 0. The van der Waals surface area contributed by atoms with Gasteiger partial charge in [0.05, 0.1) is 0 Å². The molecule has 2 aromatic rings. The number of aromatic nitrogens is 3. The zero-order valence-electron chi connectivity index (χ0n) is 11.3. The molecule has 0 amide bonds. The summed E-state index contributed by atoms with van der Waals surface area (Å²) >= 11 is 0. The SMILES string of the molecule is Cc1nnc(-c2ccccc2N)n1C1CCCCC1. The summed E-state index contributed by atoms with van der Waals surface area (Å²) in [5.41, 5.74) is 7.84. The number of benzene rings is 1. The van der Waals surface area contributed by atoms with Gasteiger partial charge in [-0.1, -0.05) is 31.4 Å². The number of nitrogen functional groups attached to an aromatic ring is 1. The van der Waals surface area contributed by atoms with E-state index in [4.69, 9.17) is 5.73 Å². The first-order valence-electron chi connectivity index (χ1n) is 7.04. The molecule has 0 atom stereocenters. The number of aryl methyl sites for hydroxylation is 1. The normalized spacial score (nSPS) is 16.7. The number of nitrogens with zero attached hydrogens (tertiary/aromatic N) is 3. The van der Waals surface area contributed by atoms with Gasteiger partial charge in [0.2, 0.25) is 0 Å². The van der Waals surface area contributed by atoms with Crippen LogP contribution in [0.2, 0.25) is 0 Å². The Morgan fingerprint density at radius 1 is 1.11 bits per heavy atom. The molecule has 4 heteroatoms. The lowest BCUT2D eigenvalue weighted by Gasteiger charge is -2.25. The molecule has 19 heavy (non-hydrogen) atoms. The first-order valence-corrected chi connectivity index (χ1v) is 7.04. The number of nitrogens with two attached hydrogens (primary N) is 1. The van der Waals surface area contributed by atoms with Gasteiger partial charge in [0, 0.05) is 17.3 Å². The van der Waals surface area contributed by atoms with Crippen LogP contribution >= 0.6 is 0 Å². The average molecular weight is 256 g/mol. The van der Waals surface area contributed by atoms with Gasteiger partial charge in [-0.2, -0.15) is 0 Å². The third-order valence-electron chi connectivity index (χ3n) is 4.01. The molecule has 100 valence electrons. The van der Waals surface area contributed by atoms with E-state index >= 15 is 0 Å². The molecule has 1 aliphatic rings. The second-order valence-electron chi connectivity index (χ2n) is 5.32. The molecule has 4 nitrogen and oxygen atoms in total. The van der Waals surface area contributed by atoms with Gasteiger partial charge in [-0.15, -0.1) is 10.2 Å². The summed E-state index contributed by atoms with van der Waals surface area (Å²) in [5, 5.41) is 8.62. The summed E-state index contributed by atoms with van der Waals surface area (Å²) in [6.07, 6.45) is 6.38. The highest BCUT2D eigenvalue weighted by molar-refractivity contribution is 5.71. The minimum atomic E-state index is 0.526. The lowest BCUT2D eigenvalue weighted by Crippen LogP contribution is -2.15. The molecule has 1 saturated carbocycles. The largest absolute Gasteiger partial charge is 0.398 e. The zero-order valence-corrected chi connectivity index (χ0v) is 11.3. The number of hydrogen-bond acceptors (Lipinski definition) is 3. The van der Waals surface area contributed by atoms with Gasteiger partial charge < -0.3 is 10.3 Å². The van der Waals surface area contributed by atoms with E-state index in [0.717, 1.165) is 22.9 Å². The van der Waals surface area contributed by atoms with Crippen LogP contribution in [-0.4, -0.2) is 14.8 Å². The molecule has 1 aromatic heterocycles. The molecule has 1 aromatic carbocycles. The van der Waals surface area contributed by atoms with Crippen molar-refractivity contribution in [3.05, 3.63) is 30.1 Å². The summed E-state index contributed by atoms with van der Waals surface area (Å²) in [6, 6.07) is 8.43. The highest BCUT2D eigenvalue weighted by Crippen LogP contribution is 2.34. The topological polar surface area (TPSA) is 56.7 Å². The van der Waals surface area contributed by atoms with E-state index in [-0.39, 0.29) is 0 Å². The van der Waals surface area contributed by atoms with Crippen molar-refractivity contribution in [2.24, 2.45) is 0 Å². The minimum absolute atomic E-state index is 0.526. The summed E-state index contributed by atoms with van der Waals surface area (Å²) in [6.45, 7) is 2.03. The van der Waals surface area contributed by atoms with Crippen molar-refractivity contribution in [3.63, 3.8) is 0 Å². The maximum absolute atomic E-state index is 6.08. The van der Waals surface area contributed by atoms with E-state index in [1.54, 1.807) is 0 Å². The second-order valence-corrected chi connectivity index (χ2v) is 5.32. The van der Waals surface area contributed by atoms with Gasteiger partial charge in [-0.25, -0.2) is 0 Å². The van der Waals surface area contributed by atoms with Gasteiger partial charge in [0.1, 0.15) is 5.82 Å². The van der Waals surface area contributed by atoms with Crippen molar-refractivity contribution in [3.8, 4) is 11.4 Å². The monoisotopic (exact) mass is 256 g/mol. The van der Waals surface area contributed by atoms with Crippen molar-refractivity contribution in [2.75, 3.05) is 5.73 Å². The molecule has 1 heterocycles. The fraction of sp³-hybridized carbons (Fsp3) is 0.467. The minimum Gasteiger partial charge on any atom is -0.398 e. The van der Waals surface area contributed by atoms with Crippen molar-refractivity contribution >= 4 is 5.69 Å². The van der Waals surface area contributed by atoms with Crippen LogP contribution in [0.4, 0.5) is 5.69 Å². The molecule has 0 aliphatic heterocycles. The standard InChI is InChI=1S/C15H20N4/c1-11-17-18-15(13-9-5-6-10-14(13)16)19(11)12-7-3-2-4-8-12/h5-6,9-10,12H,2-4,7-8,16H2,1H3. The van der Waals surface area contributed by atoms with Gasteiger partial charge in [-0.3, -0.25) is 0 Å². The fourth-order valence-corrected chi connectivity index (χ4v) is 3.03. The lowest BCUT2D eigenvalue weighted by molar-refractivity contribution is 0.350. The van der Waals surface area contributed by atoms with Crippen LogP contribution in [-0.2, 0) is 0 Å². The molecule has 2 N–H and O–H groups in total. The Kier molecular flexibility index (Phi) is 3.23. The molecule has 1 aliphatic carbocycles. The number of anilines is 1. The van der Waals surface area contributed by atoms with Crippen molar-refractivity contribution < 1.29 is 0 Å². The second kappa shape index (κ2) is 5.03. The van der Waals surface area contributed by atoms with E-state index in [9.17, 15) is 0 Å². The molecule has 0 radical (unpaired) electrons. The first-order chi connectivity index (χ1) is 9.27. The van der Waals surface area contributed by atoms with Gasteiger partial charge in [0.25, 0.3) is 0 Å². The fourth-order valence-electron chi connectivity index (χ4n) is 3.03. The highest BCUT2D eigenvalue weighted by Gasteiger charge is 2.22. The van der Waals surface area contributed by atoms with Gasteiger partial charge in [0.15, 0.2) is 5.82 Å². The van der Waals surface area contributed by atoms with Crippen molar-refractivity contribution in [1.82, 2.24) is 14.8 Å². The quantitative estimate of drug-likeness (QED) is 0.838. The number of hydrogen-bond donors (Lipinski definition) is 1. The van der Waals surface area contributed by atoms with Crippen LogP contribution in [0, 0.1) is 6.92 Å². The molecule has 0 saturated heterocycles. The molecule has 0 bridgehead atoms. The van der Waals surface area contributed by atoms with Crippen molar-refractivity contribution in [2.45, 2.75) is 45.1 Å². The van der Waals surface area contributed by atoms with Crippen LogP contribution in [0.5, 0.6) is 0 Å². The van der Waals surface area contributed by atoms with Crippen LogP contribution in [0.15, 0.2) is 24.3 Å². The van der Waals surface area contributed by atoms with Crippen molar-refractivity contribution in [1.29, 1.82) is 0 Å². The van der Waals surface area contributed by atoms with E-state index in [1.807, 2.05) is 31.2 Å². The van der Waals surface area contributed by atoms with Gasteiger partial charge in [-0.05, 0) is 31.9 Å². The molecule has 0 spiro atoms. The van der Waals surface area contributed by atoms with Crippen LogP contribution in [0.3, 0.4) is 0 Å². The molecule has 0 unspecified atom stereocenters. The molecular weight excluding hydrogens is 236 g/mol.